The lowest BCUT2D eigenvalue weighted by molar-refractivity contribution is -0.140. The molecule has 2 aromatic rings. The van der Waals surface area contributed by atoms with Crippen molar-refractivity contribution in [2.75, 3.05) is 34.3 Å². The second kappa shape index (κ2) is 9.87. The number of rotatable bonds is 8. The number of hydrogen-bond donors (Lipinski definition) is 1. The number of nitrogens with zero attached hydrogens (tertiary/aromatic N) is 2. The summed E-state index contributed by atoms with van der Waals surface area (Å²) in [6, 6.07) is 13.3. The van der Waals surface area contributed by atoms with E-state index in [1.165, 1.54) is 12.0 Å². The van der Waals surface area contributed by atoms with Crippen LogP contribution in [-0.2, 0) is 9.59 Å². The lowest BCUT2D eigenvalue weighted by Gasteiger charge is -2.28. The van der Waals surface area contributed by atoms with E-state index in [0.717, 1.165) is 0 Å². The van der Waals surface area contributed by atoms with E-state index in [2.05, 4.69) is 0 Å². The molecule has 0 radical (unpaired) electrons. The second-order valence-electron chi connectivity index (χ2n) is 8.23. The normalized spacial score (nSPS) is 18.0. The number of likely N-dealkylation sites (N-methyl/N-ethyl adjacent to an activating group) is 1. The summed E-state index contributed by atoms with van der Waals surface area (Å²) in [6.07, 6.45) is -0.0985. The highest BCUT2D eigenvalue weighted by atomic mass is 16.5. The average Bonchev–Trinajstić information content (AvgIpc) is 3.01. The van der Waals surface area contributed by atoms with Crippen LogP contribution in [0.1, 0.15) is 31.0 Å². The lowest BCUT2D eigenvalue weighted by atomic mass is 9.94. The Balaban J connectivity index is 2.20. The van der Waals surface area contributed by atoms with E-state index in [0.29, 0.717) is 35.7 Å². The lowest BCUT2D eigenvalue weighted by Crippen LogP contribution is -2.35. The molecule has 1 saturated heterocycles. The first kappa shape index (κ1) is 23.3. The van der Waals surface area contributed by atoms with Crippen molar-refractivity contribution in [2.45, 2.75) is 26.0 Å². The fraction of sp³-hybridized carbons (Fsp3) is 0.360. The number of benzene rings is 2. The van der Waals surface area contributed by atoms with Crippen LogP contribution >= 0.6 is 0 Å². The predicted octanol–water partition coefficient (Wildman–Crippen LogP) is 3.47. The minimum absolute atomic E-state index is 0.0433. The van der Waals surface area contributed by atoms with Gasteiger partial charge in [0.15, 0.2) is 0 Å². The number of amides is 1. The van der Waals surface area contributed by atoms with Crippen molar-refractivity contribution in [3.05, 3.63) is 65.2 Å². The largest absolute Gasteiger partial charge is 0.507 e. The average molecular weight is 439 g/mol. The molecule has 3 rings (SSSR count). The quantitative estimate of drug-likeness (QED) is 0.386. The SMILES string of the molecule is COc1cccc(/C(O)=C2/C(=O)C(=O)N(CCN(C)C)C2c2ccccc2OC(C)C)c1. The van der Waals surface area contributed by atoms with Crippen LogP contribution in [0, 0.1) is 0 Å². The molecule has 1 atom stereocenters. The molecule has 2 aromatic carbocycles. The Morgan fingerprint density at radius 3 is 2.50 bits per heavy atom. The summed E-state index contributed by atoms with van der Waals surface area (Å²) in [7, 11) is 5.33. The zero-order chi connectivity index (χ0) is 23.4. The topological polar surface area (TPSA) is 79.3 Å². The maximum absolute atomic E-state index is 13.2. The summed E-state index contributed by atoms with van der Waals surface area (Å²) in [5.74, 6) is -0.482. The van der Waals surface area contributed by atoms with E-state index < -0.39 is 17.7 Å². The van der Waals surface area contributed by atoms with Crippen molar-refractivity contribution in [1.82, 2.24) is 9.80 Å². The number of carbonyl (C=O) groups excluding carboxylic acids is 2. The summed E-state index contributed by atoms with van der Waals surface area (Å²) in [5, 5.41) is 11.2. The van der Waals surface area contributed by atoms with Crippen molar-refractivity contribution in [3.8, 4) is 11.5 Å². The highest BCUT2D eigenvalue weighted by Crippen LogP contribution is 2.43. The Hall–Kier alpha value is -3.32. The van der Waals surface area contributed by atoms with Gasteiger partial charge in [0.1, 0.15) is 17.3 Å². The maximum Gasteiger partial charge on any atom is 0.295 e. The van der Waals surface area contributed by atoms with Crippen molar-refractivity contribution in [2.24, 2.45) is 0 Å². The summed E-state index contributed by atoms with van der Waals surface area (Å²) in [6.45, 7) is 4.72. The third kappa shape index (κ3) is 4.78. The number of ether oxygens (including phenoxy) is 2. The molecule has 1 N–H and O–H groups in total. The van der Waals surface area contributed by atoms with Crippen molar-refractivity contribution >= 4 is 17.4 Å². The van der Waals surface area contributed by atoms with Gasteiger partial charge in [-0.05, 0) is 46.1 Å². The zero-order valence-electron chi connectivity index (χ0n) is 19.2. The number of aliphatic hydroxyl groups is 1. The van der Waals surface area contributed by atoms with E-state index in [1.54, 1.807) is 24.3 Å². The second-order valence-corrected chi connectivity index (χ2v) is 8.23. The molecular formula is C25H30N2O5. The molecule has 32 heavy (non-hydrogen) atoms. The van der Waals surface area contributed by atoms with E-state index in [9.17, 15) is 14.7 Å². The first-order chi connectivity index (χ1) is 15.2. The van der Waals surface area contributed by atoms with Gasteiger partial charge in [-0.25, -0.2) is 0 Å². The molecule has 1 amide bonds. The van der Waals surface area contributed by atoms with Gasteiger partial charge in [0, 0.05) is 24.2 Å². The fourth-order valence-corrected chi connectivity index (χ4v) is 3.74. The standard InChI is InChI=1S/C25H30N2O5/c1-16(2)32-20-12-7-6-11-19(20)22-21(23(28)17-9-8-10-18(15-17)31-5)24(29)25(30)27(22)14-13-26(3)4/h6-12,15-16,22,28H,13-14H2,1-5H3/b23-21-. The summed E-state index contributed by atoms with van der Waals surface area (Å²) >= 11 is 0. The first-order valence-electron chi connectivity index (χ1n) is 10.6. The maximum atomic E-state index is 13.2. The van der Waals surface area contributed by atoms with Crippen molar-refractivity contribution in [1.29, 1.82) is 0 Å². The summed E-state index contributed by atoms with van der Waals surface area (Å²) in [5.41, 5.74) is 1.10. The number of likely N-dealkylation sites (tertiary alicyclic amines) is 1. The number of carbonyl (C=O) groups is 2. The zero-order valence-corrected chi connectivity index (χ0v) is 19.2. The molecular weight excluding hydrogens is 408 g/mol. The van der Waals surface area contributed by atoms with Crippen LogP contribution < -0.4 is 9.47 Å². The minimum atomic E-state index is -0.767. The van der Waals surface area contributed by atoms with Crippen LogP contribution in [0.3, 0.4) is 0 Å². The molecule has 0 aromatic heterocycles. The fourth-order valence-electron chi connectivity index (χ4n) is 3.74. The van der Waals surface area contributed by atoms with Gasteiger partial charge >= 0.3 is 0 Å². The Kier molecular flexibility index (Phi) is 7.20. The van der Waals surface area contributed by atoms with Crippen LogP contribution in [0.25, 0.3) is 5.76 Å². The number of Topliss-reactive ketones (excluding diaryl/α,β-unsaturated/α-hetero) is 1. The number of para-hydroxylation sites is 1. The molecule has 1 unspecified atom stereocenters. The van der Waals surface area contributed by atoms with E-state index in [4.69, 9.17) is 9.47 Å². The van der Waals surface area contributed by atoms with E-state index >= 15 is 0 Å². The third-order valence-corrected chi connectivity index (χ3v) is 5.25. The molecule has 0 aliphatic carbocycles. The molecule has 0 bridgehead atoms. The third-order valence-electron chi connectivity index (χ3n) is 5.25. The van der Waals surface area contributed by atoms with Gasteiger partial charge in [0.05, 0.1) is 24.8 Å². The molecule has 7 nitrogen and oxygen atoms in total. The molecule has 170 valence electrons. The molecule has 1 aliphatic heterocycles. The molecule has 0 saturated carbocycles. The highest BCUT2D eigenvalue weighted by Gasteiger charge is 2.47. The predicted molar refractivity (Wildman–Crippen MR) is 123 cm³/mol. The van der Waals surface area contributed by atoms with Gasteiger partial charge in [0.2, 0.25) is 0 Å². The molecule has 1 heterocycles. The van der Waals surface area contributed by atoms with Crippen molar-refractivity contribution < 1.29 is 24.2 Å². The number of aliphatic hydroxyl groups excluding tert-OH is 1. The molecule has 7 heteroatoms. The van der Waals surface area contributed by atoms with Gasteiger partial charge in [-0.1, -0.05) is 30.3 Å². The van der Waals surface area contributed by atoms with Crippen LogP contribution in [0.2, 0.25) is 0 Å². The van der Waals surface area contributed by atoms with Gasteiger partial charge in [-0.2, -0.15) is 0 Å². The molecule has 0 spiro atoms. The minimum Gasteiger partial charge on any atom is -0.507 e. The molecule has 1 fully saturated rings. The van der Waals surface area contributed by atoms with Gasteiger partial charge in [0.25, 0.3) is 11.7 Å². The molecule has 1 aliphatic rings. The number of ketones is 1. The Morgan fingerprint density at radius 1 is 1.12 bits per heavy atom. The van der Waals surface area contributed by atoms with Crippen LogP contribution in [0.15, 0.2) is 54.1 Å². The Morgan fingerprint density at radius 2 is 1.84 bits per heavy atom. The highest BCUT2D eigenvalue weighted by molar-refractivity contribution is 6.46. The van der Waals surface area contributed by atoms with Gasteiger partial charge < -0.3 is 24.4 Å². The summed E-state index contributed by atoms with van der Waals surface area (Å²) in [4.78, 5) is 29.7. The van der Waals surface area contributed by atoms with Crippen LogP contribution in [-0.4, -0.2) is 67.0 Å². The summed E-state index contributed by atoms with van der Waals surface area (Å²) < 4.78 is 11.2. The van der Waals surface area contributed by atoms with E-state index in [1.807, 2.05) is 57.1 Å². The Labute approximate surface area is 188 Å². The monoisotopic (exact) mass is 438 g/mol. The van der Waals surface area contributed by atoms with Crippen LogP contribution in [0.5, 0.6) is 11.5 Å². The van der Waals surface area contributed by atoms with Gasteiger partial charge in [-0.15, -0.1) is 0 Å². The number of hydrogen-bond acceptors (Lipinski definition) is 6. The van der Waals surface area contributed by atoms with Crippen LogP contribution in [0.4, 0.5) is 0 Å². The Bertz CT molecular complexity index is 1030. The van der Waals surface area contributed by atoms with E-state index in [-0.39, 0.29) is 17.4 Å². The first-order valence-corrected chi connectivity index (χ1v) is 10.6. The van der Waals surface area contributed by atoms with Crippen molar-refractivity contribution in [3.63, 3.8) is 0 Å². The smallest absolute Gasteiger partial charge is 0.295 e. The number of methoxy groups -OCH3 is 1. The van der Waals surface area contributed by atoms with Gasteiger partial charge in [-0.3, -0.25) is 9.59 Å².